The monoisotopic (exact) mass is 323 g/mol. The first-order valence-electron chi connectivity index (χ1n) is 6.42. The van der Waals surface area contributed by atoms with Gasteiger partial charge in [0.2, 0.25) is 0 Å². The zero-order valence-corrected chi connectivity index (χ0v) is 12.5. The van der Waals surface area contributed by atoms with Crippen molar-refractivity contribution in [2.24, 2.45) is 5.73 Å². The lowest BCUT2D eigenvalue weighted by atomic mass is 10.0. The third kappa shape index (κ3) is 2.93. The third-order valence-corrected chi connectivity index (χ3v) is 4.95. The van der Waals surface area contributed by atoms with Crippen molar-refractivity contribution < 1.29 is 8.78 Å². The molecule has 1 unspecified atom stereocenters. The van der Waals surface area contributed by atoms with Crippen LogP contribution in [0.3, 0.4) is 0 Å². The molecule has 1 heterocycles. The standard InChI is InChI=1S/C16H12ClF2NS/c17-12-2-1-3-13(19)11(12)8-14(20)16-7-9-6-10(18)4-5-15(9)21-16/h1-7,14H,8,20H2. The molecule has 0 aliphatic rings. The van der Waals surface area contributed by atoms with E-state index in [2.05, 4.69) is 0 Å². The van der Waals surface area contributed by atoms with Crippen LogP contribution in [0, 0.1) is 11.6 Å². The predicted molar refractivity (Wildman–Crippen MR) is 83.8 cm³/mol. The fourth-order valence-corrected chi connectivity index (χ4v) is 3.55. The Kier molecular flexibility index (Phi) is 3.93. The summed E-state index contributed by atoms with van der Waals surface area (Å²) in [6.45, 7) is 0. The molecule has 1 nitrogen and oxygen atoms in total. The second kappa shape index (κ2) is 5.72. The van der Waals surface area contributed by atoms with Crippen molar-refractivity contribution in [3.63, 3.8) is 0 Å². The van der Waals surface area contributed by atoms with Gasteiger partial charge < -0.3 is 5.73 Å². The normalized spacial score (nSPS) is 12.8. The Hall–Kier alpha value is -1.49. The minimum absolute atomic E-state index is 0.280. The zero-order valence-electron chi connectivity index (χ0n) is 10.9. The molecule has 108 valence electrons. The minimum Gasteiger partial charge on any atom is -0.323 e. The van der Waals surface area contributed by atoms with Crippen LogP contribution in [0.1, 0.15) is 16.5 Å². The van der Waals surface area contributed by atoms with Crippen molar-refractivity contribution in [1.29, 1.82) is 0 Å². The van der Waals surface area contributed by atoms with Crippen LogP contribution < -0.4 is 5.73 Å². The van der Waals surface area contributed by atoms with Crippen LogP contribution in [0.15, 0.2) is 42.5 Å². The second-order valence-corrected chi connectivity index (χ2v) is 6.36. The maximum absolute atomic E-state index is 13.8. The lowest BCUT2D eigenvalue weighted by molar-refractivity contribution is 0.595. The van der Waals surface area contributed by atoms with Crippen LogP contribution in [0.2, 0.25) is 5.02 Å². The van der Waals surface area contributed by atoms with E-state index >= 15 is 0 Å². The van der Waals surface area contributed by atoms with Gasteiger partial charge >= 0.3 is 0 Å². The van der Waals surface area contributed by atoms with Crippen molar-refractivity contribution >= 4 is 33.0 Å². The number of benzene rings is 2. The number of thiophene rings is 1. The lowest BCUT2D eigenvalue weighted by Crippen LogP contribution is -2.13. The van der Waals surface area contributed by atoms with Crippen LogP contribution in [0.5, 0.6) is 0 Å². The molecule has 0 saturated heterocycles. The van der Waals surface area contributed by atoms with Gasteiger partial charge in [0, 0.05) is 26.2 Å². The molecule has 0 spiro atoms. The van der Waals surface area contributed by atoms with Gasteiger partial charge in [-0.3, -0.25) is 0 Å². The van der Waals surface area contributed by atoms with E-state index in [1.807, 2.05) is 6.07 Å². The lowest BCUT2D eigenvalue weighted by Gasteiger charge is -2.11. The maximum atomic E-state index is 13.8. The van der Waals surface area contributed by atoms with E-state index in [-0.39, 0.29) is 17.7 Å². The van der Waals surface area contributed by atoms with Gasteiger partial charge in [-0.15, -0.1) is 11.3 Å². The van der Waals surface area contributed by atoms with E-state index in [9.17, 15) is 8.78 Å². The van der Waals surface area contributed by atoms with Crippen LogP contribution in [-0.2, 0) is 6.42 Å². The molecule has 3 rings (SSSR count). The average molecular weight is 324 g/mol. The second-order valence-electron chi connectivity index (χ2n) is 4.84. The van der Waals surface area contributed by atoms with Gasteiger partial charge in [0.05, 0.1) is 0 Å². The van der Waals surface area contributed by atoms with Crippen LogP contribution in [0.4, 0.5) is 8.78 Å². The molecule has 0 amide bonds. The summed E-state index contributed by atoms with van der Waals surface area (Å²) in [5.74, 6) is -0.636. The van der Waals surface area contributed by atoms with Gasteiger partial charge in [0.25, 0.3) is 0 Å². The fourth-order valence-electron chi connectivity index (χ4n) is 2.27. The molecule has 0 fully saturated rings. The molecule has 0 aliphatic heterocycles. The molecule has 0 radical (unpaired) electrons. The molecule has 21 heavy (non-hydrogen) atoms. The Morgan fingerprint density at radius 3 is 2.71 bits per heavy atom. The zero-order chi connectivity index (χ0) is 15.0. The number of fused-ring (bicyclic) bond motifs is 1. The number of hydrogen-bond acceptors (Lipinski definition) is 2. The largest absolute Gasteiger partial charge is 0.323 e. The van der Waals surface area contributed by atoms with Crippen molar-refractivity contribution in [1.82, 2.24) is 0 Å². The van der Waals surface area contributed by atoms with E-state index < -0.39 is 0 Å². The van der Waals surface area contributed by atoms with Crippen molar-refractivity contribution in [2.75, 3.05) is 0 Å². The molecule has 3 aromatic rings. The molecular weight excluding hydrogens is 312 g/mol. The number of rotatable bonds is 3. The van der Waals surface area contributed by atoms with Crippen molar-refractivity contribution in [3.8, 4) is 0 Å². The SMILES string of the molecule is NC(Cc1c(F)cccc1Cl)c1cc2cc(F)ccc2s1. The van der Waals surface area contributed by atoms with Crippen LogP contribution in [-0.4, -0.2) is 0 Å². The Morgan fingerprint density at radius 1 is 1.14 bits per heavy atom. The molecule has 2 aromatic carbocycles. The fraction of sp³-hybridized carbons (Fsp3) is 0.125. The van der Waals surface area contributed by atoms with Gasteiger partial charge in [0.15, 0.2) is 0 Å². The summed E-state index contributed by atoms with van der Waals surface area (Å²) >= 11 is 7.51. The molecule has 0 saturated carbocycles. The summed E-state index contributed by atoms with van der Waals surface area (Å²) in [6.07, 6.45) is 0.306. The Bertz CT molecular complexity index is 780. The molecular formula is C16H12ClF2NS. The highest BCUT2D eigenvalue weighted by molar-refractivity contribution is 7.19. The van der Waals surface area contributed by atoms with Gasteiger partial charge in [-0.2, -0.15) is 0 Å². The summed E-state index contributed by atoms with van der Waals surface area (Å²) < 4.78 is 28.0. The molecule has 1 aromatic heterocycles. The highest BCUT2D eigenvalue weighted by Crippen LogP contribution is 2.32. The van der Waals surface area contributed by atoms with E-state index in [0.717, 1.165) is 15.0 Å². The summed E-state index contributed by atoms with van der Waals surface area (Å²) in [7, 11) is 0. The van der Waals surface area contributed by atoms with Crippen molar-refractivity contribution in [2.45, 2.75) is 12.5 Å². The average Bonchev–Trinajstić information content (AvgIpc) is 2.86. The quantitative estimate of drug-likeness (QED) is 0.715. The summed E-state index contributed by atoms with van der Waals surface area (Å²) in [6, 6.07) is 10.7. The van der Waals surface area contributed by atoms with Gasteiger partial charge in [-0.25, -0.2) is 8.78 Å². The highest BCUT2D eigenvalue weighted by atomic mass is 35.5. The molecule has 2 N–H and O–H groups in total. The Morgan fingerprint density at radius 2 is 1.95 bits per heavy atom. The van der Waals surface area contributed by atoms with E-state index in [0.29, 0.717) is 17.0 Å². The number of nitrogens with two attached hydrogens (primary N) is 1. The van der Waals surface area contributed by atoms with Crippen LogP contribution in [0.25, 0.3) is 10.1 Å². The van der Waals surface area contributed by atoms with Gasteiger partial charge in [-0.05, 0) is 48.2 Å². The first-order valence-corrected chi connectivity index (χ1v) is 7.61. The van der Waals surface area contributed by atoms with Crippen LogP contribution >= 0.6 is 22.9 Å². The molecule has 0 aliphatic carbocycles. The minimum atomic E-state index is -0.375. The first kappa shape index (κ1) is 14.4. The van der Waals surface area contributed by atoms with E-state index in [1.165, 1.54) is 29.5 Å². The maximum Gasteiger partial charge on any atom is 0.127 e. The Labute approximate surface area is 130 Å². The highest BCUT2D eigenvalue weighted by Gasteiger charge is 2.15. The molecule has 5 heteroatoms. The number of halogens is 3. The van der Waals surface area contributed by atoms with E-state index in [1.54, 1.807) is 18.2 Å². The topological polar surface area (TPSA) is 26.0 Å². The molecule has 1 atom stereocenters. The smallest absolute Gasteiger partial charge is 0.127 e. The first-order chi connectivity index (χ1) is 10.0. The number of hydrogen-bond donors (Lipinski definition) is 1. The van der Waals surface area contributed by atoms with Crippen molar-refractivity contribution in [3.05, 3.63) is 69.6 Å². The van der Waals surface area contributed by atoms with Gasteiger partial charge in [0.1, 0.15) is 11.6 Å². The summed E-state index contributed by atoms with van der Waals surface area (Å²) in [4.78, 5) is 0.884. The predicted octanol–water partition coefficient (Wildman–Crippen LogP) is 5.08. The van der Waals surface area contributed by atoms with Gasteiger partial charge in [-0.1, -0.05) is 17.7 Å². The third-order valence-electron chi connectivity index (χ3n) is 3.35. The van der Waals surface area contributed by atoms with E-state index in [4.69, 9.17) is 17.3 Å². The molecule has 0 bridgehead atoms. The summed E-state index contributed by atoms with van der Waals surface area (Å²) in [5.41, 5.74) is 6.57. The Balaban J connectivity index is 1.91. The summed E-state index contributed by atoms with van der Waals surface area (Å²) in [5, 5.41) is 1.18.